The molecular weight excluding hydrogens is 304 g/mol. The summed E-state index contributed by atoms with van der Waals surface area (Å²) in [6, 6.07) is 3.75. The van der Waals surface area contributed by atoms with Crippen LogP contribution in [0.4, 0.5) is 0 Å². The SMILES string of the molecule is NC(=O)[C@@H]1CCCN(C(=O)COC(=O)/C=C/c2cccs2)C1. The van der Waals surface area contributed by atoms with Crippen molar-refractivity contribution < 1.29 is 19.1 Å². The third-order valence-corrected chi connectivity index (χ3v) is 4.28. The van der Waals surface area contributed by atoms with Gasteiger partial charge in [-0.2, -0.15) is 0 Å². The molecule has 1 saturated heterocycles. The first-order valence-corrected chi connectivity index (χ1v) is 7.89. The summed E-state index contributed by atoms with van der Waals surface area (Å²) >= 11 is 1.50. The molecule has 2 N–H and O–H groups in total. The maximum Gasteiger partial charge on any atom is 0.331 e. The fourth-order valence-corrected chi connectivity index (χ4v) is 2.86. The molecule has 0 spiro atoms. The number of carbonyl (C=O) groups is 3. The monoisotopic (exact) mass is 322 g/mol. The zero-order valence-corrected chi connectivity index (χ0v) is 12.9. The summed E-state index contributed by atoms with van der Waals surface area (Å²) < 4.78 is 4.92. The molecule has 2 heterocycles. The second-order valence-corrected chi connectivity index (χ2v) is 6.02. The van der Waals surface area contributed by atoms with E-state index in [1.807, 2.05) is 17.5 Å². The lowest BCUT2D eigenvalue weighted by Crippen LogP contribution is -2.45. The zero-order valence-electron chi connectivity index (χ0n) is 12.1. The Balaban J connectivity index is 1.77. The number of hydrogen-bond acceptors (Lipinski definition) is 5. The van der Waals surface area contributed by atoms with E-state index in [-0.39, 0.29) is 18.4 Å². The summed E-state index contributed by atoms with van der Waals surface area (Å²) in [6.45, 7) is 0.543. The Kier molecular flexibility index (Phi) is 5.71. The maximum atomic E-state index is 12.0. The van der Waals surface area contributed by atoms with Gasteiger partial charge in [0.25, 0.3) is 5.91 Å². The number of amides is 2. The molecule has 118 valence electrons. The van der Waals surface area contributed by atoms with E-state index in [4.69, 9.17) is 10.5 Å². The molecule has 22 heavy (non-hydrogen) atoms. The van der Waals surface area contributed by atoms with Crippen LogP contribution in [0.2, 0.25) is 0 Å². The molecular formula is C15H18N2O4S. The maximum absolute atomic E-state index is 12.0. The zero-order chi connectivity index (χ0) is 15.9. The molecule has 1 fully saturated rings. The van der Waals surface area contributed by atoms with Crippen LogP contribution in [0.5, 0.6) is 0 Å². The van der Waals surface area contributed by atoms with Crippen LogP contribution in [0, 0.1) is 5.92 Å². The Morgan fingerprint density at radius 2 is 2.27 bits per heavy atom. The summed E-state index contributed by atoms with van der Waals surface area (Å²) in [7, 11) is 0. The molecule has 1 aromatic heterocycles. The van der Waals surface area contributed by atoms with Gasteiger partial charge in [0.15, 0.2) is 6.61 Å². The Labute approximate surface area is 132 Å². The van der Waals surface area contributed by atoms with Crippen LogP contribution < -0.4 is 5.73 Å². The molecule has 0 bridgehead atoms. The molecule has 2 rings (SSSR count). The van der Waals surface area contributed by atoms with Crippen molar-refractivity contribution in [2.24, 2.45) is 11.7 Å². The molecule has 0 saturated carbocycles. The summed E-state index contributed by atoms with van der Waals surface area (Å²) in [5.74, 6) is -1.57. The quantitative estimate of drug-likeness (QED) is 0.647. The first-order valence-electron chi connectivity index (χ1n) is 7.01. The lowest BCUT2D eigenvalue weighted by atomic mass is 9.97. The molecule has 1 aromatic rings. The average Bonchev–Trinajstić information content (AvgIpc) is 3.04. The molecule has 1 aliphatic rings. The molecule has 0 radical (unpaired) electrons. The van der Waals surface area contributed by atoms with Gasteiger partial charge in [-0.1, -0.05) is 6.07 Å². The summed E-state index contributed by atoms with van der Waals surface area (Å²) in [5.41, 5.74) is 5.27. The minimum absolute atomic E-state index is 0.302. The highest BCUT2D eigenvalue weighted by molar-refractivity contribution is 7.10. The van der Waals surface area contributed by atoms with Crippen LogP contribution in [-0.4, -0.2) is 42.4 Å². The molecule has 7 heteroatoms. The second kappa shape index (κ2) is 7.74. The van der Waals surface area contributed by atoms with Crippen LogP contribution >= 0.6 is 11.3 Å². The standard InChI is InChI=1S/C15H18N2O4S/c16-15(20)11-3-1-7-17(9-11)13(18)10-21-14(19)6-5-12-4-2-8-22-12/h2,4-6,8,11H,1,3,7,9-10H2,(H2,16,20)/b6-5+/t11-/m1/s1. The summed E-state index contributed by atoms with van der Waals surface area (Å²) in [5, 5.41) is 1.90. The van der Waals surface area contributed by atoms with Gasteiger partial charge in [0.2, 0.25) is 5.91 Å². The van der Waals surface area contributed by atoms with Gasteiger partial charge in [-0.25, -0.2) is 4.79 Å². The number of esters is 1. The fourth-order valence-electron chi connectivity index (χ4n) is 2.24. The number of carbonyl (C=O) groups excluding carboxylic acids is 3. The second-order valence-electron chi connectivity index (χ2n) is 5.04. The van der Waals surface area contributed by atoms with Gasteiger partial charge in [0.05, 0.1) is 5.92 Å². The molecule has 0 unspecified atom stereocenters. The first kappa shape index (κ1) is 16.2. The van der Waals surface area contributed by atoms with E-state index in [1.54, 1.807) is 6.08 Å². The average molecular weight is 322 g/mol. The number of nitrogens with zero attached hydrogens (tertiary/aromatic N) is 1. The highest BCUT2D eigenvalue weighted by Crippen LogP contribution is 2.16. The van der Waals surface area contributed by atoms with E-state index in [1.165, 1.54) is 22.3 Å². The number of primary amides is 1. The number of ether oxygens (including phenoxy) is 1. The van der Waals surface area contributed by atoms with Crippen molar-refractivity contribution in [3.63, 3.8) is 0 Å². The van der Waals surface area contributed by atoms with Crippen LogP contribution in [-0.2, 0) is 19.1 Å². The van der Waals surface area contributed by atoms with E-state index < -0.39 is 11.9 Å². The van der Waals surface area contributed by atoms with E-state index in [0.29, 0.717) is 19.5 Å². The Bertz CT molecular complexity index is 568. The third kappa shape index (κ3) is 4.70. The van der Waals surface area contributed by atoms with E-state index in [0.717, 1.165) is 11.3 Å². The molecule has 0 aliphatic carbocycles. The number of piperidine rings is 1. The van der Waals surface area contributed by atoms with Crippen molar-refractivity contribution in [2.75, 3.05) is 19.7 Å². The predicted molar refractivity (Wildman–Crippen MR) is 82.8 cm³/mol. The summed E-state index contributed by atoms with van der Waals surface area (Å²) in [4.78, 5) is 37.2. The van der Waals surface area contributed by atoms with Gasteiger partial charge >= 0.3 is 5.97 Å². The smallest absolute Gasteiger partial charge is 0.331 e. The summed E-state index contributed by atoms with van der Waals surface area (Å²) in [6.07, 6.45) is 4.36. The van der Waals surface area contributed by atoms with E-state index in [9.17, 15) is 14.4 Å². The van der Waals surface area contributed by atoms with Crippen LogP contribution in [0.25, 0.3) is 6.08 Å². The number of thiophene rings is 1. The van der Waals surface area contributed by atoms with Gasteiger partial charge in [0, 0.05) is 24.0 Å². The highest BCUT2D eigenvalue weighted by Gasteiger charge is 2.27. The van der Waals surface area contributed by atoms with Crippen molar-refractivity contribution >= 4 is 35.2 Å². The minimum Gasteiger partial charge on any atom is -0.452 e. The third-order valence-electron chi connectivity index (χ3n) is 3.44. The molecule has 2 amide bonds. The van der Waals surface area contributed by atoms with Crippen LogP contribution in [0.15, 0.2) is 23.6 Å². The van der Waals surface area contributed by atoms with Crippen LogP contribution in [0.1, 0.15) is 17.7 Å². The van der Waals surface area contributed by atoms with Crippen molar-refractivity contribution in [3.8, 4) is 0 Å². The van der Waals surface area contributed by atoms with Gasteiger partial charge in [-0.3, -0.25) is 9.59 Å². The van der Waals surface area contributed by atoms with Crippen molar-refractivity contribution in [3.05, 3.63) is 28.5 Å². The van der Waals surface area contributed by atoms with Gasteiger partial charge in [-0.05, 0) is 30.4 Å². The minimum atomic E-state index is -0.565. The first-order chi connectivity index (χ1) is 10.6. The van der Waals surface area contributed by atoms with Crippen LogP contribution in [0.3, 0.4) is 0 Å². The topological polar surface area (TPSA) is 89.7 Å². The lowest BCUT2D eigenvalue weighted by molar-refractivity contribution is -0.149. The lowest BCUT2D eigenvalue weighted by Gasteiger charge is -2.30. The van der Waals surface area contributed by atoms with E-state index in [2.05, 4.69) is 0 Å². The van der Waals surface area contributed by atoms with Gasteiger partial charge in [0.1, 0.15) is 0 Å². The molecule has 1 aliphatic heterocycles. The Morgan fingerprint density at radius 1 is 1.45 bits per heavy atom. The normalized spacial score (nSPS) is 18.4. The van der Waals surface area contributed by atoms with Crippen molar-refractivity contribution in [1.82, 2.24) is 4.90 Å². The molecule has 0 aromatic carbocycles. The largest absolute Gasteiger partial charge is 0.452 e. The number of hydrogen-bond donors (Lipinski definition) is 1. The molecule has 6 nitrogen and oxygen atoms in total. The number of nitrogens with two attached hydrogens (primary N) is 1. The Morgan fingerprint density at radius 3 is 2.95 bits per heavy atom. The van der Waals surface area contributed by atoms with Crippen molar-refractivity contribution in [1.29, 1.82) is 0 Å². The number of likely N-dealkylation sites (tertiary alicyclic amines) is 1. The number of rotatable bonds is 5. The van der Waals surface area contributed by atoms with Crippen molar-refractivity contribution in [2.45, 2.75) is 12.8 Å². The van der Waals surface area contributed by atoms with E-state index >= 15 is 0 Å². The van der Waals surface area contributed by atoms with Gasteiger partial charge in [-0.15, -0.1) is 11.3 Å². The molecule has 1 atom stereocenters. The highest BCUT2D eigenvalue weighted by atomic mass is 32.1. The van der Waals surface area contributed by atoms with Gasteiger partial charge < -0.3 is 15.4 Å². The predicted octanol–water partition coefficient (Wildman–Crippen LogP) is 1.03. The Hall–Kier alpha value is -2.15. The fraction of sp³-hybridized carbons (Fsp3) is 0.400.